The van der Waals surface area contributed by atoms with Crippen LogP contribution in [0, 0.1) is 5.92 Å². The van der Waals surface area contributed by atoms with Crippen molar-refractivity contribution in [2.75, 3.05) is 39.3 Å². The molecule has 2 rings (SSSR count). The molecule has 1 aromatic rings. The fourth-order valence-corrected chi connectivity index (χ4v) is 1.92. The maximum Gasteiger partial charge on any atom is 0.124 e. The van der Waals surface area contributed by atoms with E-state index >= 15 is 0 Å². The third-order valence-corrected chi connectivity index (χ3v) is 2.97. The molecule has 1 N–H and O–H groups in total. The van der Waals surface area contributed by atoms with Crippen LogP contribution >= 0.6 is 0 Å². The van der Waals surface area contributed by atoms with E-state index in [9.17, 15) is 0 Å². The second-order valence-electron chi connectivity index (χ2n) is 4.21. The first-order valence-corrected chi connectivity index (χ1v) is 5.86. The number of hydrogen-bond donors (Lipinski definition) is 1. The Balaban J connectivity index is 1.98. The normalized spacial score (nSPS) is 19.1. The Morgan fingerprint density at radius 1 is 1.24 bits per heavy atom. The van der Waals surface area contributed by atoms with Crippen molar-refractivity contribution in [3.63, 3.8) is 0 Å². The summed E-state index contributed by atoms with van der Waals surface area (Å²) in [5.41, 5.74) is 1.02. The molecule has 1 aliphatic heterocycles. The molecule has 0 aromatic heterocycles. The Kier molecular flexibility index (Phi) is 4.09. The van der Waals surface area contributed by atoms with E-state index in [4.69, 9.17) is 14.2 Å². The van der Waals surface area contributed by atoms with E-state index in [0.29, 0.717) is 5.92 Å². The van der Waals surface area contributed by atoms with Crippen LogP contribution in [0.4, 0.5) is 5.69 Å². The van der Waals surface area contributed by atoms with Crippen LogP contribution in [0.25, 0.3) is 0 Å². The standard InChI is InChI=1S/C13H19NO3/c1-15-12-5-11(6-13(7-12)16-2)14-8-10-3-4-17-9-10/h5-7,10,14H,3-4,8-9H2,1-2H3. The van der Waals surface area contributed by atoms with Gasteiger partial charge in [-0.2, -0.15) is 0 Å². The average molecular weight is 237 g/mol. The molecule has 0 amide bonds. The highest BCUT2D eigenvalue weighted by molar-refractivity contribution is 5.53. The van der Waals surface area contributed by atoms with E-state index in [2.05, 4.69) is 5.32 Å². The van der Waals surface area contributed by atoms with Crippen molar-refractivity contribution in [3.05, 3.63) is 18.2 Å². The minimum Gasteiger partial charge on any atom is -0.497 e. The average Bonchev–Trinajstić information content (AvgIpc) is 2.89. The van der Waals surface area contributed by atoms with Gasteiger partial charge in [0.15, 0.2) is 0 Å². The van der Waals surface area contributed by atoms with Gasteiger partial charge in [0.25, 0.3) is 0 Å². The summed E-state index contributed by atoms with van der Waals surface area (Å²) in [6.07, 6.45) is 1.13. The number of hydrogen-bond acceptors (Lipinski definition) is 4. The predicted molar refractivity (Wildman–Crippen MR) is 67.0 cm³/mol. The van der Waals surface area contributed by atoms with Crippen LogP contribution in [-0.4, -0.2) is 34.0 Å². The summed E-state index contributed by atoms with van der Waals surface area (Å²) in [6.45, 7) is 2.66. The molecule has 1 atom stereocenters. The second-order valence-corrected chi connectivity index (χ2v) is 4.21. The number of anilines is 1. The van der Waals surface area contributed by atoms with Crippen LogP contribution in [0.1, 0.15) is 6.42 Å². The van der Waals surface area contributed by atoms with Gasteiger partial charge in [-0.3, -0.25) is 0 Å². The molecule has 1 aromatic carbocycles. The molecule has 1 unspecified atom stereocenters. The first kappa shape index (κ1) is 12.0. The van der Waals surface area contributed by atoms with Crippen molar-refractivity contribution >= 4 is 5.69 Å². The molecule has 0 spiro atoms. The smallest absolute Gasteiger partial charge is 0.124 e. The van der Waals surface area contributed by atoms with Crippen molar-refractivity contribution in [1.29, 1.82) is 0 Å². The molecule has 94 valence electrons. The third kappa shape index (κ3) is 3.27. The fourth-order valence-electron chi connectivity index (χ4n) is 1.92. The summed E-state index contributed by atoms with van der Waals surface area (Å²) in [5, 5.41) is 3.40. The highest BCUT2D eigenvalue weighted by atomic mass is 16.5. The summed E-state index contributed by atoms with van der Waals surface area (Å²) in [5.74, 6) is 2.20. The van der Waals surface area contributed by atoms with Crippen molar-refractivity contribution in [3.8, 4) is 11.5 Å². The Hall–Kier alpha value is -1.42. The fraction of sp³-hybridized carbons (Fsp3) is 0.538. The molecule has 17 heavy (non-hydrogen) atoms. The molecule has 1 saturated heterocycles. The van der Waals surface area contributed by atoms with Crippen molar-refractivity contribution < 1.29 is 14.2 Å². The SMILES string of the molecule is COc1cc(NCC2CCOC2)cc(OC)c1. The predicted octanol–water partition coefficient (Wildman–Crippen LogP) is 2.15. The Bertz CT molecular complexity index is 339. The van der Waals surface area contributed by atoms with Crippen LogP contribution in [0.2, 0.25) is 0 Å². The van der Waals surface area contributed by atoms with Gasteiger partial charge in [0, 0.05) is 43.0 Å². The first-order chi connectivity index (χ1) is 8.31. The van der Waals surface area contributed by atoms with Crippen LogP contribution < -0.4 is 14.8 Å². The van der Waals surface area contributed by atoms with Gasteiger partial charge in [-0.05, 0) is 6.42 Å². The maximum absolute atomic E-state index is 5.35. The lowest BCUT2D eigenvalue weighted by Crippen LogP contribution is -2.14. The van der Waals surface area contributed by atoms with E-state index < -0.39 is 0 Å². The quantitative estimate of drug-likeness (QED) is 0.851. The van der Waals surface area contributed by atoms with Gasteiger partial charge in [0.2, 0.25) is 0 Å². The van der Waals surface area contributed by atoms with E-state index in [0.717, 1.165) is 43.4 Å². The van der Waals surface area contributed by atoms with Crippen molar-refractivity contribution in [2.45, 2.75) is 6.42 Å². The number of nitrogens with one attached hydrogen (secondary N) is 1. The highest BCUT2D eigenvalue weighted by Gasteiger charge is 2.15. The monoisotopic (exact) mass is 237 g/mol. The molecule has 0 radical (unpaired) electrons. The lowest BCUT2D eigenvalue weighted by atomic mass is 10.1. The lowest BCUT2D eigenvalue weighted by molar-refractivity contribution is 0.187. The second kappa shape index (κ2) is 5.77. The Labute approximate surface area is 102 Å². The number of rotatable bonds is 5. The molecule has 4 heteroatoms. The lowest BCUT2D eigenvalue weighted by Gasteiger charge is -2.13. The summed E-state index contributed by atoms with van der Waals surface area (Å²) in [7, 11) is 3.31. The van der Waals surface area contributed by atoms with E-state index in [-0.39, 0.29) is 0 Å². The molecular weight excluding hydrogens is 218 g/mol. The van der Waals surface area contributed by atoms with Gasteiger partial charge in [-0.25, -0.2) is 0 Å². The Morgan fingerprint density at radius 3 is 2.47 bits per heavy atom. The van der Waals surface area contributed by atoms with Gasteiger partial charge < -0.3 is 19.5 Å². The van der Waals surface area contributed by atoms with E-state index in [1.165, 1.54) is 0 Å². The molecule has 1 aliphatic rings. The zero-order valence-electron chi connectivity index (χ0n) is 10.4. The van der Waals surface area contributed by atoms with Crippen LogP contribution in [0.3, 0.4) is 0 Å². The largest absolute Gasteiger partial charge is 0.497 e. The van der Waals surface area contributed by atoms with Gasteiger partial charge in [-0.15, -0.1) is 0 Å². The maximum atomic E-state index is 5.35. The molecule has 1 heterocycles. The number of methoxy groups -OCH3 is 2. The van der Waals surface area contributed by atoms with Crippen LogP contribution in [0.15, 0.2) is 18.2 Å². The molecule has 1 fully saturated rings. The number of benzene rings is 1. The molecule has 4 nitrogen and oxygen atoms in total. The summed E-state index contributed by atoms with van der Waals surface area (Å²) < 4.78 is 15.8. The molecule has 0 bridgehead atoms. The third-order valence-electron chi connectivity index (χ3n) is 2.97. The topological polar surface area (TPSA) is 39.7 Å². The zero-order chi connectivity index (χ0) is 12.1. The van der Waals surface area contributed by atoms with Crippen molar-refractivity contribution in [2.24, 2.45) is 5.92 Å². The van der Waals surface area contributed by atoms with E-state index in [1.54, 1.807) is 14.2 Å². The summed E-state index contributed by atoms with van der Waals surface area (Å²) in [4.78, 5) is 0. The summed E-state index contributed by atoms with van der Waals surface area (Å²) in [6, 6.07) is 5.81. The van der Waals surface area contributed by atoms with Gasteiger partial charge in [0.05, 0.1) is 20.8 Å². The van der Waals surface area contributed by atoms with Crippen LogP contribution in [-0.2, 0) is 4.74 Å². The van der Waals surface area contributed by atoms with Gasteiger partial charge in [0.1, 0.15) is 11.5 Å². The first-order valence-electron chi connectivity index (χ1n) is 5.86. The van der Waals surface area contributed by atoms with Gasteiger partial charge in [-0.1, -0.05) is 0 Å². The Morgan fingerprint density at radius 2 is 1.94 bits per heavy atom. The molecular formula is C13H19NO3. The van der Waals surface area contributed by atoms with Crippen molar-refractivity contribution in [1.82, 2.24) is 0 Å². The molecule has 0 aliphatic carbocycles. The van der Waals surface area contributed by atoms with E-state index in [1.807, 2.05) is 18.2 Å². The highest BCUT2D eigenvalue weighted by Crippen LogP contribution is 2.26. The van der Waals surface area contributed by atoms with Gasteiger partial charge >= 0.3 is 0 Å². The summed E-state index contributed by atoms with van der Waals surface area (Å²) >= 11 is 0. The minimum absolute atomic E-state index is 0.604. The number of ether oxygens (including phenoxy) is 3. The van der Waals surface area contributed by atoms with Crippen LogP contribution in [0.5, 0.6) is 11.5 Å². The molecule has 0 saturated carbocycles. The minimum atomic E-state index is 0.604. The zero-order valence-corrected chi connectivity index (χ0v) is 10.4.